The quantitative estimate of drug-likeness (QED) is 0.483. The molecule has 20 heavy (non-hydrogen) atoms. The number of ether oxygens (including phenoxy) is 1. The van der Waals surface area contributed by atoms with E-state index < -0.39 is 11.6 Å². The van der Waals surface area contributed by atoms with Gasteiger partial charge in [-0.05, 0) is 11.4 Å². The first-order chi connectivity index (χ1) is 9.56. The number of methoxy groups -OCH3 is 1. The van der Waals surface area contributed by atoms with Crippen molar-refractivity contribution < 1.29 is 18.3 Å². The number of nitrogens with zero attached hydrogens (tertiary/aromatic N) is 4. The summed E-state index contributed by atoms with van der Waals surface area (Å²) in [7, 11) is 1.25. The Hall–Kier alpha value is -2.34. The molecule has 1 saturated heterocycles. The molecule has 6 nitrogen and oxygen atoms in total. The molecule has 2 rings (SSSR count). The summed E-state index contributed by atoms with van der Waals surface area (Å²) < 4.78 is 31.8. The van der Waals surface area contributed by atoms with Gasteiger partial charge in [-0.15, -0.1) is 0 Å². The summed E-state index contributed by atoms with van der Waals surface area (Å²) in [5.41, 5.74) is 8.33. The van der Waals surface area contributed by atoms with E-state index in [4.69, 9.17) is 10.3 Å². The van der Waals surface area contributed by atoms with Gasteiger partial charge in [-0.25, -0.2) is 8.78 Å². The molecule has 0 spiro atoms. The molecule has 0 N–H and O–H groups in total. The third kappa shape index (κ3) is 2.65. The molecule has 0 aromatic heterocycles. The first kappa shape index (κ1) is 14.1. The molecule has 1 aromatic rings. The lowest BCUT2D eigenvalue weighted by Crippen LogP contribution is -2.25. The Bertz CT molecular complexity index is 587. The van der Waals surface area contributed by atoms with E-state index in [1.165, 1.54) is 12.0 Å². The van der Waals surface area contributed by atoms with Crippen molar-refractivity contribution in [2.45, 2.75) is 6.42 Å². The predicted molar refractivity (Wildman–Crippen MR) is 67.4 cm³/mol. The third-order valence-corrected chi connectivity index (χ3v) is 3.09. The zero-order chi connectivity index (χ0) is 14.7. The lowest BCUT2D eigenvalue weighted by Gasteiger charge is -2.20. The molecule has 0 bridgehead atoms. The van der Waals surface area contributed by atoms with Crippen molar-refractivity contribution in [2.24, 2.45) is 11.0 Å². The standard InChI is InChI=1S/C12H12F2N4O2/c1-20-12-9(14)3-8(13)4-10(12)18-6-7(2-11(18)19)5-16-17-15/h3-4,7H,2,5-6H2,1H3. The Labute approximate surface area is 113 Å². The van der Waals surface area contributed by atoms with Gasteiger partial charge in [0.15, 0.2) is 11.6 Å². The number of carbonyl (C=O) groups excluding carboxylic acids is 1. The number of hydrogen-bond donors (Lipinski definition) is 0. The Balaban J connectivity index is 2.32. The van der Waals surface area contributed by atoms with Crippen LogP contribution in [0.5, 0.6) is 5.75 Å². The second-order valence-corrected chi connectivity index (χ2v) is 4.43. The van der Waals surface area contributed by atoms with Crippen LogP contribution in [0.4, 0.5) is 14.5 Å². The van der Waals surface area contributed by atoms with Crippen molar-refractivity contribution >= 4 is 11.6 Å². The molecular weight excluding hydrogens is 270 g/mol. The maximum absolute atomic E-state index is 13.6. The molecule has 1 atom stereocenters. The summed E-state index contributed by atoms with van der Waals surface area (Å²) in [5.74, 6) is -2.29. The van der Waals surface area contributed by atoms with Gasteiger partial charge in [0.05, 0.1) is 12.8 Å². The van der Waals surface area contributed by atoms with E-state index in [0.29, 0.717) is 6.07 Å². The molecule has 8 heteroatoms. The van der Waals surface area contributed by atoms with Crippen LogP contribution in [-0.4, -0.2) is 26.1 Å². The zero-order valence-electron chi connectivity index (χ0n) is 10.7. The minimum Gasteiger partial charge on any atom is -0.492 e. The number of hydrogen-bond acceptors (Lipinski definition) is 3. The molecule has 106 valence electrons. The van der Waals surface area contributed by atoms with Gasteiger partial charge in [0, 0.05) is 36.6 Å². The maximum Gasteiger partial charge on any atom is 0.227 e. The molecule has 1 aromatic carbocycles. The Morgan fingerprint density at radius 1 is 1.55 bits per heavy atom. The van der Waals surface area contributed by atoms with E-state index in [9.17, 15) is 13.6 Å². The monoisotopic (exact) mass is 282 g/mol. The maximum atomic E-state index is 13.6. The molecule has 1 unspecified atom stereocenters. The van der Waals surface area contributed by atoms with E-state index >= 15 is 0 Å². The SMILES string of the molecule is COc1c(F)cc(F)cc1N1CC(CN=[N+]=[N-])CC1=O. The molecule has 0 aliphatic carbocycles. The first-order valence-corrected chi connectivity index (χ1v) is 5.91. The number of azide groups is 1. The lowest BCUT2D eigenvalue weighted by molar-refractivity contribution is -0.117. The van der Waals surface area contributed by atoms with Gasteiger partial charge in [-0.3, -0.25) is 4.79 Å². The second kappa shape index (κ2) is 5.75. The van der Waals surface area contributed by atoms with Crippen LogP contribution in [0, 0.1) is 17.6 Å². The number of rotatable bonds is 4. The summed E-state index contributed by atoms with van der Waals surface area (Å²) in [6.45, 7) is 0.399. The fourth-order valence-corrected chi connectivity index (χ4v) is 2.24. The summed E-state index contributed by atoms with van der Waals surface area (Å²) in [6.07, 6.45) is 0.167. The Morgan fingerprint density at radius 3 is 2.95 bits per heavy atom. The molecular formula is C12H12F2N4O2. The van der Waals surface area contributed by atoms with Crippen LogP contribution in [0.2, 0.25) is 0 Å². The molecule has 0 radical (unpaired) electrons. The highest BCUT2D eigenvalue weighted by Gasteiger charge is 2.32. The van der Waals surface area contributed by atoms with Gasteiger partial charge < -0.3 is 9.64 Å². The van der Waals surface area contributed by atoms with Crippen LogP contribution in [0.15, 0.2) is 17.2 Å². The molecule has 1 aliphatic rings. The molecule has 0 saturated carbocycles. The fourth-order valence-electron chi connectivity index (χ4n) is 2.24. The Kier molecular flexibility index (Phi) is 4.05. The van der Waals surface area contributed by atoms with Crippen molar-refractivity contribution in [2.75, 3.05) is 25.1 Å². The van der Waals surface area contributed by atoms with Crippen LogP contribution in [0.1, 0.15) is 6.42 Å². The van der Waals surface area contributed by atoms with Crippen molar-refractivity contribution in [1.82, 2.24) is 0 Å². The van der Waals surface area contributed by atoms with Gasteiger partial charge in [-0.2, -0.15) is 0 Å². The molecule has 1 heterocycles. The van der Waals surface area contributed by atoms with Crippen LogP contribution in [0.3, 0.4) is 0 Å². The number of amides is 1. The normalized spacial score (nSPS) is 18.1. The molecule has 1 fully saturated rings. The van der Waals surface area contributed by atoms with Crippen molar-refractivity contribution in [3.63, 3.8) is 0 Å². The fraction of sp³-hybridized carbons (Fsp3) is 0.417. The summed E-state index contributed by atoms with van der Waals surface area (Å²) >= 11 is 0. The highest BCUT2D eigenvalue weighted by atomic mass is 19.1. The van der Waals surface area contributed by atoms with E-state index in [1.807, 2.05) is 0 Å². The van der Waals surface area contributed by atoms with E-state index in [-0.39, 0.29) is 42.8 Å². The molecule has 1 amide bonds. The minimum atomic E-state index is -0.867. The van der Waals surface area contributed by atoms with Crippen LogP contribution >= 0.6 is 0 Å². The highest BCUT2D eigenvalue weighted by molar-refractivity contribution is 5.97. The van der Waals surface area contributed by atoms with Crippen LogP contribution in [0.25, 0.3) is 10.4 Å². The summed E-state index contributed by atoms with van der Waals surface area (Å²) in [4.78, 5) is 15.8. The van der Waals surface area contributed by atoms with Crippen molar-refractivity contribution in [3.05, 3.63) is 34.2 Å². The largest absolute Gasteiger partial charge is 0.492 e. The average molecular weight is 282 g/mol. The first-order valence-electron chi connectivity index (χ1n) is 5.91. The number of halogens is 2. The third-order valence-electron chi connectivity index (χ3n) is 3.09. The number of carbonyl (C=O) groups is 1. The van der Waals surface area contributed by atoms with Crippen molar-refractivity contribution in [1.29, 1.82) is 0 Å². The van der Waals surface area contributed by atoms with Crippen LogP contribution < -0.4 is 9.64 Å². The minimum absolute atomic E-state index is 0.0541. The van der Waals surface area contributed by atoms with E-state index in [0.717, 1.165) is 6.07 Å². The smallest absolute Gasteiger partial charge is 0.227 e. The zero-order valence-corrected chi connectivity index (χ0v) is 10.7. The topological polar surface area (TPSA) is 78.3 Å². The number of benzene rings is 1. The lowest BCUT2D eigenvalue weighted by atomic mass is 10.1. The highest BCUT2D eigenvalue weighted by Crippen LogP contribution is 2.35. The van der Waals surface area contributed by atoms with E-state index in [2.05, 4.69) is 10.0 Å². The van der Waals surface area contributed by atoms with Gasteiger partial charge in [0.1, 0.15) is 5.82 Å². The van der Waals surface area contributed by atoms with Gasteiger partial charge in [0.2, 0.25) is 5.91 Å². The van der Waals surface area contributed by atoms with Gasteiger partial charge in [-0.1, -0.05) is 5.11 Å². The predicted octanol–water partition coefficient (Wildman–Crippen LogP) is 2.64. The number of anilines is 1. The second-order valence-electron chi connectivity index (χ2n) is 4.43. The molecule has 1 aliphatic heterocycles. The van der Waals surface area contributed by atoms with Gasteiger partial charge in [0.25, 0.3) is 0 Å². The average Bonchev–Trinajstić information content (AvgIpc) is 2.76. The Morgan fingerprint density at radius 2 is 2.30 bits per heavy atom. The van der Waals surface area contributed by atoms with Crippen LogP contribution in [-0.2, 0) is 4.79 Å². The summed E-state index contributed by atoms with van der Waals surface area (Å²) in [6, 6.07) is 1.75. The van der Waals surface area contributed by atoms with E-state index in [1.54, 1.807) is 0 Å². The van der Waals surface area contributed by atoms with Gasteiger partial charge >= 0.3 is 0 Å². The van der Waals surface area contributed by atoms with Crippen molar-refractivity contribution in [3.8, 4) is 5.75 Å². The summed E-state index contributed by atoms with van der Waals surface area (Å²) in [5, 5.41) is 3.42.